The molecular weight excluding hydrogens is 282 g/mol. The van der Waals surface area contributed by atoms with Gasteiger partial charge in [0.25, 0.3) is 5.91 Å². The van der Waals surface area contributed by atoms with Crippen LogP contribution in [0.15, 0.2) is 6.07 Å². The fraction of sp³-hybridized carbons (Fsp3) is 0.706. The molecular formula is C17H27NO2S. The largest absolute Gasteiger partial charge is 0.394 e. The van der Waals surface area contributed by atoms with Crippen molar-refractivity contribution < 1.29 is 9.90 Å². The molecule has 1 aliphatic carbocycles. The Hall–Kier alpha value is -0.870. The molecule has 1 amide bonds. The lowest BCUT2D eigenvalue weighted by atomic mass is 9.77. The maximum Gasteiger partial charge on any atom is 0.261 e. The van der Waals surface area contributed by atoms with Gasteiger partial charge < -0.3 is 10.4 Å². The minimum Gasteiger partial charge on any atom is -0.394 e. The molecule has 1 aromatic heterocycles. The van der Waals surface area contributed by atoms with Gasteiger partial charge in [-0.3, -0.25) is 4.79 Å². The molecule has 0 aromatic carbocycles. The third-order valence-corrected chi connectivity index (χ3v) is 5.77. The van der Waals surface area contributed by atoms with E-state index in [-0.39, 0.29) is 12.5 Å². The highest BCUT2D eigenvalue weighted by molar-refractivity contribution is 7.14. The van der Waals surface area contributed by atoms with E-state index in [0.717, 1.165) is 43.4 Å². The predicted molar refractivity (Wildman–Crippen MR) is 88.0 cm³/mol. The van der Waals surface area contributed by atoms with Gasteiger partial charge in [0.1, 0.15) is 0 Å². The maximum atomic E-state index is 12.5. The number of hydrogen-bond donors (Lipinski definition) is 2. The Balaban J connectivity index is 2.07. The highest BCUT2D eigenvalue weighted by Crippen LogP contribution is 2.32. The molecule has 1 heterocycles. The quantitative estimate of drug-likeness (QED) is 0.871. The summed E-state index contributed by atoms with van der Waals surface area (Å²) in [5.41, 5.74) is 0.870. The molecule has 2 N–H and O–H groups in total. The van der Waals surface area contributed by atoms with Gasteiger partial charge in [-0.1, -0.05) is 20.3 Å². The molecule has 21 heavy (non-hydrogen) atoms. The van der Waals surface area contributed by atoms with Crippen molar-refractivity contribution in [1.82, 2.24) is 5.32 Å². The van der Waals surface area contributed by atoms with E-state index in [1.165, 1.54) is 10.4 Å². The first-order chi connectivity index (χ1) is 9.99. The molecule has 0 aliphatic heterocycles. The van der Waals surface area contributed by atoms with Crippen LogP contribution >= 0.6 is 11.3 Å². The van der Waals surface area contributed by atoms with Crippen LogP contribution in [0.1, 0.15) is 66.1 Å². The van der Waals surface area contributed by atoms with Crippen LogP contribution in [0.3, 0.4) is 0 Å². The number of aryl methyl sites for hydroxylation is 2. The number of aliphatic hydroxyl groups is 1. The molecule has 4 heteroatoms. The second-order valence-electron chi connectivity index (χ2n) is 6.52. The highest BCUT2D eigenvalue weighted by atomic mass is 32.1. The van der Waals surface area contributed by atoms with Crippen LogP contribution in [0.5, 0.6) is 0 Å². The molecule has 1 aliphatic rings. The molecule has 0 unspecified atom stereocenters. The van der Waals surface area contributed by atoms with Gasteiger partial charge in [0.15, 0.2) is 0 Å². The summed E-state index contributed by atoms with van der Waals surface area (Å²) in [6.45, 7) is 6.51. The average molecular weight is 309 g/mol. The number of rotatable bonds is 5. The normalized spacial score (nSPS) is 25.8. The van der Waals surface area contributed by atoms with Crippen LogP contribution in [0.4, 0.5) is 0 Å². The van der Waals surface area contributed by atoms with Gasteiger partial charge >= 0.3 is 0 Å². The standard InChI is InChI=1S/C17H27NO2S/c1-4-5-14-10-15(21-13(14)3)16(20)18-17(11-19)8-6-12(2)7-9-17/h10,12,19H,4-9,11H2,1-3H3,(H,18,20). The Morgan fingerprint density at radius 3 is 2.71 bits per heavy atom. The van der Waals surface area contributed by atoms with Crippen molar-refractivity contribution >= 4 is 17.2 Å². The van der Waals surface area contributed by atoms with Gasteiger partial charge in [-0.25, -0.2) is 0 Å². The molecule has 118 valence electrons. The Kier molecular flexibility index (Phi) is 5.44. The summed E-state index contributed by atoms with van der Waals surface area (Å²) in [6.07, 6.45) is 6.03. The van der Waals surface area contributed by atoms with Crippen molar-refractivity contribution in [2.45, 2.75) is 64.8 Å². The van der Waals surface area contributed by atoms with E-state index in [9.17, 15) is 9.90 Å². The Bertz CT molecular complexity index is 487. The average Bonchev–Trinajstić information content (AvgIpc) is 2.84. The second kappa shape index (κ2) is 6.93. The first-order valence-electron chi connectivity index (χ1n) is 8.02. The molecule has 0 atom stereocenters. The molecule has 0 bridgehead atoms. The SMILES string of the molecule is CCCc1cc(C(=O)NC2(CO)CCC(C)CC2)sc1C. The molecule has 1 saturated carbocycles. The molecule has 3 nitrogen and oxygen atoms in total. The van der Waals surface area contributed by atoms with E-state index in [1.54, 1.807) is 11.3 Å². The Morgan fingerprint density at radius 1 is 1.48 bits per heavy atom. The van der Waals surface area contributed by atoms with E-state index in [1.807, 2.05) is 6.07 Å². The molecule has 1 fully saturated rings. The lowest BCUT2D eigenvalue weighted by molar-refractivity contribution is 0.0720. The van der Waals surface area contributed by atoms with Crippen LogP contribution in [0.25, 0.3) is 0 Å². The smallest absolute Gasteiger partial charge is 0.261 e. The van der Waals surface area contributed by atoms with Gasteiger partial charge in [-0.2, -0.15) is 0 Å². The zero-order valence-electron chi connectivity index (χ0n) is 13.4. The third kappa shape index (κ3) is 3.86. The number of hydrogen-bond acceptors (Lipinski definition) is 3. The van der Waals surface area contributed by atoms with Crippen LogP contribution in [0, 0.1) is 12.8 Å². The monoisotopic (exact) mass is 309 g/mol. The fourth-order valence-electron chi connectivity index (χ4n) is 3.09. The summed E-state index contributed by atoms with van der Waals surface area (Å²) >= 11 is 1.57. The van der Waals surface area contributed by atoms with Gasteiger partial charge in [-0.05, 0) is 56.6 Å². The summed E-state index contributed by atoms with van der Waals surface area (Å²) in [5, 5.41) is 12.9. The van der Waals surface area contributed by atoms with E-state index in [0.29, 0.717) is 5.92 Å². The zero-order chi connectivity index (χ0) is 15.5. The van der Waals surface area contributed by atoms with Crippen LogP contribution in [0.2, 0.25) is 0 Å². The van der Waals surface area contributed by atoms with Gasteiger partial charge in [0, 0.05) is 4.88 Å². The second-order valence-corrected chi connectivity index (χ2v) is 7.77. The minimum absolute atomic E-state index is 0.0194. The Morgan fingerprint density at radius 2 is 2.14 bits per heavy atom. The molecule has 2 rings (SSSR count). The van der Waals surface area contributed by atoms with Crippen molar-refractivity contribution in [2.75, 3.05) is 6.61 Å². The first-order valence-corrected chi connectivity index (χ1v) is 8.84. The summed E-state index contributed by atoms with van der Waals surface area (Å²) in [4.78, 5) is 14.5. The van der Waals surface area contributed by atoms with Crippen molar-refractivity contribution in [2.24, 2.45) is 5.92 Å². The molecule has 0 spiro atoms. The summed E-state index contributed by atoms with van der Waals surface area (Å²) in [5.74, 6) is 0.677. The first kappa shape index (κ1) is 16.5. The van der Waals surface area contributed by atoms with Crippen molar-refractivity contribution in [3.63, 3.8) is 0 Å². The minimum atomic E-state index is -0.410. The van der Waals surface area contributed by atoms with Crippen LogP contribution in [-0.4, -0.2) is 23.2 Å². The fourth-order valence-corrected chi connectivity index (χ4v) is 4.06. The Labute approximate surface area is 131 Å². The van der Waals surface area contributed by atoms with E-state index >= 15 is 0 Å². The van der Waals surface area contributed by atoms with Gasteiger partial charge in [-0.15, -0.1) is 11.3 Å². The molecule has 0 radical (unpaired) electrons. The number of carbonyl (C=O) groups excluding carboxylic acids is 1. The van der Waals surface area contributed by atoms with Gasteiger partial charge in [0.05, 0.1) is 17.0 Å². The number of thiophene rings is 1. The number of aliphatic hydroxyl groups excluding tert-OH is 1. The third-order valence-electron chi connectivity index (χ3n) is 4.68. The summed E-state index contributed by atoms with van der Waals surface area (Å²) in [7, 11) is 0. The van der Waals surface area contributed by atoms with Crippen LogP contribution < -0.4 is 5.32 Å². The number of amides is 1. The van der Waals surface area contributed by atoms with Crippen molar-refractivity contribution in [3.8, 4) is 0 Å². The number of carbonyl (C=O) groups is 1. The topological polar surface area (TPSA) is 49.3 Å². The summed E-state index contributed by atoms with van der Waals surface area (Å²) in [6, 6.07) is 2.02. The van der Waals surface area contributed by atoms with Crippen LogP contribution in [-0.2, 0) is 6.42 Å². The highest BCUT2D eigenvalue weighted by Gasteiger charge is 2.35. The van der Waals surface area contributed by atoms with E-state index in [4.69, 9.17) is 0 Å². The van der Waals surface area contributed by atoms with Crippen molar-refractivity contribution in [3.05, 3.63) is 21.4 Å². The summed E-state index contributed by atoms with van der Waals surface area (Å²) < 4.78 is 0. The predicted octanol–water partition coefficient (Wildman–Crippen LogP) is 3.68. The van der Waals surface area contributed by atoms with Crippen molar-refractivity contribution in [1.29, 1.82) is 0 Å². The molecule has 0 saturated heterocycles. The lowest BCUT2D eigenvalue weighted by Gasteiger charge is -2.38. The van der Waals surface area contributed by atoms with E-state index in [2.05, 4.69) is 26.1 Å². The lowest BCUT2D eigenvalue weighted by Crippen LogP contribution is -2.53. The van der Waals surface area contributed by atoms with Gasteiger partial charge in [0.2, 0.25) is 0 Å². The zero-order valence-corrected chi connectivity index (χ0v) is 14.2. The maximum absolute atomic E-state index is 12.5. The van der Waals surface area contributed by atoms with E-state index < -0.39 is 5.54 Å². The molecule has 1 aromatic rings. The number of nitrogens with one attached hydrogen (secondary N) is 1.